The van der Waals surface area contributed by atoms with Crippen molar-refractivity contribution in [3.8, 4) is 0 Å². The summed E-state index contributed by atoms with van der Waals surface area (Å²) in [5.74, 6) is -3.48. The molecule has 8 N–H and O–H groups in total. The Labute approximate surface area is 274 Å². The molecule has 0 bridgehead atoms. The van der Waals surface area contributed by atoms with E-state index in [4.69, 9.17) is 5.73 Å². The first-order valence-electron chi connectivity index (χ1n) is 16.8. The smallest absolute Gasteiger partial charge is 0.243 e. The average Bonchev–Trinajstić information content (AvgIpc) is 2.94. The van der Waals surface area contributed by atoms with Crippen molar-refractivity contribution in [3.63, 3.8) is 0 Å². The fourth-order valence-electron chi connectivity index (χ4n) is 5.76. The molecule has 0 aromatic carbocycles. The standard InChI is InChI=1S/C33H60N6O7/c1-9-35-31(45)28(21(6)7)39-27(42)18-25(40)22(15-19(2)3)36-30(44)24(17-26(34)41)37-29(43)23(16-20(4)5)38-32(46)33(8)13-11-10-12-14-33/h19-25,28,40H,9-18H2,1-8H3,(H2,34,41)(H,35,45)(H,36,44)(H,37,43)(H,38,46)(H,39,42)/t22-,23+,24-,25-,28-/m0/s1. The van der Waals surface area contributed by atoms with E-state index in [1.807, 2.05) is 34.6 Å². The Kier molecular flexibility index (Phi) is 17.2. The molecule has 1 aliphatic rings. The molecule has 0 aromatic rings. The largest absolute Gasteiger partial charge is 0.390 e. The number of hydrogen-bond donors (Lipinski definition) is 7. The van der Waals surface area contributed by atoms with Gasteiger partial charge in [-0.05, 0) is 50.4 Å². The molecule has 1 aliphatic carbocycles. The highest BCUT2D eigenvalue weighted by atomic mass is 16.3. The van der Waals surface area contributed by atoms with Crippen LogP contribution < -0.4 is 32.3 Å². The maximum absolute atomic E-state index is 13.5. The van der Waals surface area contributed by atoms with Gasteiger partial charge < -0.3 is 37.4 Å². The van der Waals surface area contributed by atoms with Crippen LogP contribution in [0.15, 0.2) is 0 Å². The van der Waals surface area contributed by atoms with Gasteiger partial charge in [0.05, 0.1) is 25.0 Å². The summed E-state index contributed by atoms with van der Waals surface area (Å²) >= 11 is 0. The number of aliphatic hydroxyl groups is 1. The van der Waals surface area contributed by atoms with Crippen LogP contribution in [0.4, 0.5) is 0 Å². The predicted octanol–water partition coefficient (Wildman–Crippen LogP) is 1.41. The molecule has 0 unspecified atom stereocenters. The molecule has 0 saturated heterocycles. The van der Waals surface area contributed by atoms with Crippen molar-refractivity contribution in [3.05, 3.63) is 0 Å². The fraction of sp³-hybridized carbons (Fsp3) is 0.818. The van der Waals surface area contributed by atoms with Crippen LogP contribution >= 0.6 is 0 Å². The molecular weight excluding hydrogens is 592 g/mol. The van der Waals surface area contributed by atoms with Crippen LogP contribution in [0.3, 0.4) is 0 Å². The van der Waals surface area contributed by atoms with Crippen LogP contribution in [0, 0.1) is 23.2 Å². The zero-order chi connectivity index (χ0) is 35.2. The summed E-state index contributed by atoms with van der Waals surface area (Å²) in [6, 6.07) is -4.02. The van der Waals surface area contributed by atoms with Crippen LogP contribution in [-0.4, -0.2) is 77.4 Å². The zero-order valence-corrected chi connectivity index (χ0v) is 29.2. The van der Waals surface area contributed by atoms with Crippen LogP contribution in [0.25, 0.3) is 0 Å². The maximum atomic E-state index is 13.5. The number of primary amides is 1. The van der Waals surface area contributed by atoms with Crippen LogP contribution in [0.5, 0.6) is 0 Å². The zero-order valence-electron chi connectivity index (χ0n) is 29.2. The van der Waals surface area contributed by atoms with Gasteiger partial charge in [-0.25, -0.2) is 0 Å². The monoisotopic (exact) mass is 652 g/mol. The Hall–Kier alpha value is -3.22. The average molecular weight is 653 g/mol. The summed E-state index contributed by atoms with van der Waals surface area (Å²) < 4.78 is 0. The predicted molar refractivity (Wildman–Crippen MR) is 176 cm³/mol. The van der Waals surface area contributed by atoms with E-state index in [1.54, 1.807) is 20.8 Å². The molecule has 5 atom stereocenters. The molecule has 0 spiro atoms. The van der Waals surface area contributed by atoms with Crippen molar-refractivity contribution in [2.24, 2.45) is 28.9 Å². The summed E-state index contributed by atoms with van der Waals surface area (Å²) in [4.78, 5) is 77.5. The topological polar surface area (TPSA) is 209 Å². The highest BCUT2D eigenvalue weighted by molar-refractivity contribution is 5.95. The molecule has 46 heavy (non-hydrogen) atoms. The van der Waals surface area contributed by atoms with Gasteiger partial charge in [-0.1, -0.05) is 67.7 Å². The van der Waals surface area contributed by atoms with E-state index in [0.717, 1.165) is 32.1 Å². The van der Waals surface area contributed by atoms with Gasteiger partial charge in [0.2, 0.25) is 35.4 Å². The van der Waals surface area contributed by atoms with E-state index in [9.17, 15) is 33.9 Å². The van der Waals surface area contributed by atoms with Gasteiger partial charge in [0, 0.05) is 12.0 Å². The van der Waals surface area contributed by atoms with Gasteiger partial charge in [-0.3, -0.25) is 28.8 Å². The maximum Gasteiger partial charge on any atom is 0.243 e. The van der Waals surface area contributed by atoms with Gasteiger partial charge in [0.1, 0.15) is 18.1 Å². The minimum absolute atomic E-state index is 0.00211. The SMILES string of the molecule is CCNC(=O)[C@@H](NC(=O)C[C@H](O)[C@H](CC(C)C)NC(=O)[C@H](CC(N)=O)NC(=O)[C@@H](CC(C)C)NC(=O)C1(C)CCCCC1)C(C)C. The number of carbonyl (C=O) groups excluding carboxylic acids is 6. The second-order valence-electron chi connectivity index (χ2n) is 14.2. The lowest BCUT2D eigenvalue weighted by Crippen LogP contribution is -2.58. The van der Waals surface area contributed by atoms with Gasteiger partial charge in [0.25, 0.3) is 0 Å². The van der Waals surface area contributed by atoms with Gasteiger partial charge in [-0.2, -0.15) is 0 Å². The van der Waals surface area contributed by atoms with Gasteiger partial charge >= 0.3 is 0 Å². The lowest BCUT2D eigenvalue weighted by atomic mass is 9.75. The number of carbonyl (C=O) groups is 6. The highest BCUT2D eigenvalue weighted by Gasteiger charge is 2.38. The first-order chi connectivity index (χ1) is 21.4. The second kappa shape index (κ2) is 19.4. The second-order valence-corrected chi connectivity index (χ2v) is 14.2. The lowest BCUT2D eigenvalue weighted by molar-refractivity contribution is -0.138. The third-order valence-electron chi connectivity index (χ3n) is 8.40. The van der Waals surface area contributed by atoms with Crippen molar-refractivity contribution >= 4 is 35.4 Å². The third kappa shape index (κ3) is 14.0. The number of nitrogens with one attached hydrogen (secondary N) is 5. The van der Waals surface area contributed by atoms with Gasteiger partial charge in [0.15, 0.2) is 0 Å². The third-order valence-corrected chi connectivity index (χ3v) is 8.40. The van der Waals surface area contributed by atoms with Crippen molar-refractivity contribution < 1.29 is 33.9 Å². The Morgan fingerprint density at radius 2 is 1.30 bits per heavy atom. The quantitative estimate of drug-likeness (QED) is 0.109. The number of rotatable bonds is 19. The lowest BCUT2D eigenvalue weighted by Gasteiger charge is -2.34. The Morgan fingerprint density at radius 3 is 1.80 bits per heavy atom. The fourth-order valence-corrected chi connectivity index (χ4v) is 5.76. The number of hydrogen-bond acceptors (Lipinski definition) is 7. The van der Waals surface area contributed by atoms with E-state index in [-0.39, 0.29) is 36.0 Å². The first-order valence-corrected chi connectivity index (χ1v) is 16.8. The molecule has 264 valence electrons. The number of nitrogens with two attached hydrogens (primary N) is 1. The van der Waals surface area contributed by atoms with Crippen molar-refractivity contribution in [2.75, 3.05) is 6.54 Å². The molecule has 1 fully saturated rings. The van der Waals surface area contributed by atoms with Crippen LogP contribution in [0.1, 0.15) is 113 Å². The van der Waals surface area contributed by atoms with Gasteiger partial charge in [-0.15, -0.1) is 0 Å². The Balaban J connectivity index is 3.09. The summed E-state index contributed by atoms with van der Waals surface area (Å²) in [6.45, 7) is 15.2. The van der Waals surface area contributed by atoms with E-state index in [0.29, 0.717) is 13.0 Å². The number of amides is 6. The molecule has 13 nitrogen and oxygen atoms in total. The summed E-state index contributed by atoms with van der Waals surface area (Å²) in [6.07, 6.45) is 2.75. The highest BCUT2D eigenvalue weighted by Crippen LogP contribution is 2.36. The molecule has 0 aromatic heterocycles. The molecule has 1 rings (SSSR count). The molecule has 0 aliphatic heterocycles. The minimum atomic E-state index is -1.37. The molecule has 1 saturated carbocycles. The molecule has 0 heterocycles. The van der Waals surface area contributed by atoms with Crippen LogP contribution in [0.2, 0.25) is 0 Å². The van der Waals surface area contributed by atoms with Crippen molar-refractivity contribution in [2.45, 2.75) is 143 Å². The van der Waals surface area contributed by atoms with Crippen molar-refractivity contribution in [1.29, 1.82) is 0 Å². The normalized spacial score (nSPS) is 17.7. The van der Waals surface area contributed by atoms with E-state index >= 15 is 0 Å². The van der Waals surface area contributed by atoms with E-state index in [1.165, 1.54) is 0 Å². The summed E-state index contributed by atoms with van der Waals surface area (Å²) in [7, 11) is 0. The molecule has 13 heteroatoms. The molecule has 6 amide bonds. The summed E-state index contributed by atoms with van der Waals surface area (Å²) in [5.41, 5.74) is 4.85. The van der Waals surface area contributed by atoms with Crippen molar-refractivity contribution in [1.82, 2.24) is 26.6 Å². The Bertz CT molecular complexity index is 1040. The van der Waals surface area contributed by atoms with Crippen LogP contribution in [-0.2, 0) is 28.8 Å². The summed E-state index contributed by atoms with van der Waals surface area (Å²) in [5, 5.41) is 24.6. The molecule has 0 radical (unpaired) electrons. The number of likely N-dealkylation sites (N-methyl/N-ethyl adjacent to an activating group) is 1. The minimum Gasteiger partial charge on any atom is -0.390 e. The Morgan fingerprint density at radius 1 is 0.739 bits per heavy atom. The van der Waals surface area contributed by atoms with E-state index in [2.05, 4.69) is 26.6 Å². The molecular formula is C33H60N6O7. The number of aliphatic hydroxyl groups excluding tert-OH is 1. The first kappa shape index (κ1) is 40.8. The van der Waals surface area contributed by atoms with E-state index < -0.39 is 72.2 Å².